The molecule has 5 aliphatic rings. The summed E-state index contributed by atoms with van der Waals surface area (Å²) in [5, 5.41) is 12.7. The smallest absolute Gasteiger partial charge is 0.316 e. The molecule has 0 aliphatic carbocycles. The monoisotopic (exact) mass is 659 g/mol. The predicted molar refractivity (Wildman–Crippen MR) is 148 cm³/mol. The molecule has 0 aromatic heterocycles. The summed E-state index contributed by atoms with van der Waals surface area (Å²) in [4.78, 5) is 0. The van der Waals surface area contributed by atoms with Gasteiger partial charge in [0.15, 0.2) is 5.67 Å². The minimum absolute atomic E-state index is 0. The fourth-order valence-corrected chi connectivity index (χ4v) is 3.48. The van der Waals surface area contributed by atoms with E-state index in [2.05, 4.69) is 31.3 Å². The molecule has 0 bridgehead atoms. The lowest BCUT2D eigenvalue weighted by molar-refractivity contribution is -0.337. The Labute approximate surface area is 249 Å². The quantitative estimate of drug-likeness (QED) is 0.216. The lowest BCUT2D eigenvalue weighted by Gasteiger charge is -2.32. The molecule has 0 spiro atoms. The van der Waals surface area contributed by atoms with Gasteiger partial charge in [0.25, 0.3) is 17.8 Å². The molecular formula is C26H52F11N5O. The first kappa shape index (κ1) is 46.4. The van der Waals surface area contributed by atoms with Gasteiger partial charge in [-0.25, -0.2) is 39.5 Å². The first-order valence-electron chi connectivity index (χ1n) is 12.8. The van der Waals surface area contributed by atoms with Crippen LogP contribution in [0.25, 0.3) is 0 Å². The second kappa shape index (κ2) is 18.2. The first-order valence-corrected chi connectivity index (χ1v) is 12.8. The maximum atomic E-state index is 12.6. The molecule has 5 fully saturated rings. The molecule has 17 heteroatoms. The van der Waals surface area contributed by atoms with Gasteiger partial charge in [-0.2, -0.15) is 8.78 Å². The van der Waals surface area contributed by atoms with Gasteiger partial charge in [-0.3, -0.25) is 4.74 Å². The number of morpholine rings is 1. The topological polar surface area (TPSA) is 69.4 Å². The van der Waals surface area contributed by atoms with Crippen LogP contribution in [0.1, 0.15) is 62.3 Å². The van der Waals surface area contributed by atoms with E-state index in [4.69, 9.17) is 0 Å². The molecule has 5 aliphatic heterocycles. The summed E-state index contributed by atoms with van der Waals surface area (Å²) in [6, 6.07) is 0. The average molecular weight is 660 g/mol. The summed E-state index contributed by atoms with van der Waals surface area (Å²) in [5.74, 6) is -10.2. The van der Waals surface area contributed by atoms with Crippen molar-refractivity contribution in [1.29, 1.82) is 0 Å². The van der Waals surface area contributed by atoms with Gasteiger partial charge in [0.1, 0.15) is 5.67 Å². The SMILES string of the molecule is C.C.C.CC1(F)CCNC1.CC1(F)CNCC(F)(F)O1.CC1(F)CNCC1(F)F.FC1(F)CCNCC1.FC1(F)CNC1. The number of alkyl halides is 11. The molecule has 5 heterocycles. The van der Waals surface area contributed by atoms with Crippen LogP contribution >= 0.6 is 0 Å². The van der Waals surface area contributed by atoms with Gasteiger partial charge in [-0.1, -0.05) is 22.3 Å². The van der Waals surface area contributed by atoms with Crippen LogP contribution in [0.4, 0.5) is 48.3 Å². The average Bonchev–Trinajstić information content (AvgIpc) is 3.27. The number of nitrogens with one attached hydrogen (secondary N) is 5. The number of piperidine rings is 1. The summed E-state index contributed by atoms with van der Waals surface area (Å²) < 4.78 is 138. The molecular weight excluding hydrogens is 607 g/mol. The van der Waals surface area contributed by atoms with Crippen molar-refractivity contribution in [3.63, 3.8) is 0 Å². The van der Waals surface area contributed by atoms with Crippen molar-refractivity contribution >= 4 is 0 Å². The van der Waals surface area contributed by atoms with Gasteiger partial charge in [0.05, 0.1) is 32.7 Å². The Bertz CT molecular complexity index is 707. The molecule has 5 rings (SSSR count). The van der Waals surface area contributed by atoms with E-state index in [9.17, 15) is 48.3 Å². The van der Waals surface area contributed by atoms with Gasteiger partial charge in [0, 0.05) is 39.0 Å². The van der Waals surface area contributed by atoms with Crippen molar-refractivity contribution < 1.29 is 53.0 Å². The third kappa shape index (κ3) is 19.2. The van der Waals surface area contributed by atoms with Crippen molar-refractivity contribution in [2.45, 2.75) is 103 Å². The van der Waals surface area contributed by atoms with Crippen LogP contribution in [0.2, 0.25) is 0 Å². The summed E-state index contributed by atoms with van der Waals surface area (Å²) >= 11 is 0. The van der Waals surface area contributed by atoms with E-state index in [0.717, 1.165) is 20.4 Å². The zero-order valence-electron chi connectivity index (χ0n) is 22.8. The van der Waals surface area contributed by atoms with Crippen molar-refractivity contribution in [3.05, 3.63) is 0 Å². The highest BCUT2D eigenvalue weighted by molar-refractivity contribution is 4.99. The maximum absolute atomic E-state index is 12.6. The fourth-order valence-electron chi connectivity index (χ4n) is 3.48. The molecule has 6 nitrogen and oxygen atoms in total. The van der Waals surface area contributed by atoms with Crippen LogP contribution in [0.15, 0.2) is 0 Å². The summed E-state index contributed by atoms with van der Waals surface area (Å²) in [5.41, 5.74) is -3.27. The highest BCUT2D eigenvalue weighted by Gasteiger charge is 2.55. The van der Waals surface area contributed by atoms with E-state index >= 15 is 0 Å². The molecule has 3 atom stereocenters. The number of rotatable bonds is 0. The predicted octanol–water partition coefficient (Wildman–Crippen LogP) is 5.68. The van der Waals surface area contributed by atoms with E-state index in [1.807, 2.05) is 0 Å². The highest BCUT2D eigenvalue weighted by atomic mass is 19.3. The summed E-state index contributed by atoms with van der Waals surface area (Å²) in [6.07, 6.45) is -2.69. The Hall–Kier alpha value is -1.01. The lowest BCUT2D eigenvalue weighted by Crippen LogP contribution is -2.53. The van der Waals surface area contributed by atoms with E-state index < -0.39 is 54.2 Å². The zero-order valence-corrected chi connectivity index (χ0v) is 22.8. The number of hydrogen-bond acceptors (Lipinski definition) is 6. The molecule has 5 N–H and O–H groups in total. The molecule has 0 aromatic rings. The second-order valence-corrected chi connectivity index (χ2v) is 10.9. The van der Waals surface area contributed by atoms with Crippen LogP contribution < -0.4 is 26.6 Å². The van der Waals surface area contributed by atoms with Gasteiger partial charge in [-0.05, 0) is 33.7 Å². The van der Waals surface area contributed by atoms with Crippen molar-refractivity contribution in [2.24, 2.45) is 0 Å². The molecule has 43 heavy (non-hydrogen) atoms. The van der Waals surface area contributed by atoms with Crippen LogP contribution in [0.3, 0.4) is 0 Å². The maximum Gasteiger partial charge on any atom is 0.370 e. The minimum Gasteiger partial charge on any atom is -0.316 e. The summed E-state index contributed by atoms with van der Waals surface area (Å²) in [7, 11) is 0. The van der Waals surface area contributed by atoms with E-state index in [-0.39, 0.29) is 61.3 Å². The Morgan fingerprint density at radius 3 is 1.07 bits per heavy atom. The normalized spacial score (nSPS) is 33.9. The lowest BCUT2D eigenvalue weighted by atomic mass is 10.1. The van der Waals surface area contributed by atoms with Gasteiger partial charge in [-0.15, -0.1) is 0 Å². The van der Waals surface area contributed by atoms with Gasteiger partial charge in [0.2, 0.25) is 5.85 Å². The fraction of sp³-hybridized carbons (Fsp3) is 1.00. The van der Waals surface area contributed by atoms with Crippen molar-refractivity contribution in [3.8, 4) is 0 Å². The zero-order chi connectivity index (χ0) is 30.9. The summed E-state index contributed by atoms with van der Waals surface area (Å²) in [6.45, 7) is 3.95. The van der Waals surface area contributed by atoms with Crippen molar-refractivity contribution in [1.82, 2.24) is 26.6 Å². The molecule has 5 saturated heterocycles. The Kier molecular flexibility index (Phi) is 19.7. The van der Waals surface area contributed by atoms with Gasteiger partial charge >= 0.3 is 6.11 Å². The standard InChI is InChI=1S/C5H8F3NO.C5H8F3N.C5H9F2N.C5H10FN.C3H5F2N.3CH4/c1-4(6)2-9-3-5(7,8)10-4;1-4(6)2-9-3-5(4,7)8;6-5(7)1-3-8-4-2-5;1-5(6)2-3-7-4-5;4-3(5)1-6-2-3;;;/h9H,2-3H2,1H3;9H,2-3H2,1H3;8H,1-4H2;7H,2-4H2,1H3;6H,1-2H2;3*1H4. The second-order valence-electron chi connectivity index (χ2n) is 10.9. The van der Waals surface area contributed by atoms with E-state index in [1.54, 1.807) is 6.92 Å². The largest absolute Gasteiger partial charge is 0.370 e. The van der Waals surface area contributed by atoms with Crippen LogP contribution in [-0.2, 0) is 4.74 Å². The van der Waals surface area contributed by atoms with E-state index in [1.165, 1.54) is 0 Å². The molecule has 264 valence electrons. The molecule has 0 saturated carbocycles. The van der Waals surface area contributed by atoms with E-state index in [0.29, 0.717) is 26.1 Å². The molecule has 0 amide bonds. The Balaban J connectivity index is -0.000000461. The third-order valence-corrected chi connectivity index (χ3v) is 6.12. The number of halogens is 11. The van der Waals surface area contributed by atoms with Crippen LogP contribution in [0.5, 0.6) is 0 Å². The minimum atomic E-state index is -3.37. The molecule has 0 radical (unpaired) electrons. The molecule has 0 aromatic carbocycles. The Morgan fingerprint density at radius 2 is 0.907 bits per heavy atom. The van der Waals surface area contributed by atoms with Crippen LogP contribution in [0, 0.1) is 0 Å². The Morgan fingerprint density at radius 1 is 0.465 bits per heavy atom. The number of hydrogen-bond donors (Lipinski definition) is 5. The number of ether oxygens (including phenoxy) is 1. The first-order chi connectivity index (χ1) is 18.0. The van der Waals surface area contributed by atoms with Crippen LogP contribution in [-0.4, -0.2) is 107 Å². The third-order valence-electron chi connectivity index (χ3n) is 6.12. The van der Waals surface area contributed by atoms with Crippen molar-refractivity contribution in [2.75, 3.05) is 65.4 Å². The highest BCUT2D eigenvalue weighted by Crippen LogP contribution is 2.34. The molecule has 3 unspecified atom stereocenters. The van der Waals surface area contributed by atoms with Gasteiger partial charge < -0.3 is 26.6 Å².